The van der Waals surface area contributed by atoms with Gasteiger partial charge in [-0.25, -0.2) is 5.11 Å². The zero-order valence-electron chi connectivity index (χ0n) is 7.84. The Morgan fingerprint density at radius 3 is 3.07 bits per heavy atom. The van der Waals surface area contributed by atoms with Crippen molar-refractivity contribution < 1.29 is 9.84 Å². The van der Waals surface area contributed by atoms with Crippen LogP contribution < -0.4 is 10.1 Å². The topological polar surface area (TPSA) is 41.2 Å². The summed E-state index contributed by atoms with van der Waals surface area (Å²) >= 11 is 5.94. The van der Waals surface area contributed by atoms with Crippen molar-refractivity contribution in [3.8, 4) is 5.75 Å². The Morgan fingerprint density at radius 2 is 2.36 bits per heavy atom. The first kappa shape index (κ1) is 9.77. The first-order valence-corrected chi connectivity index (χ1v) is 4.83. The highest BCUT2D eigenvalue weighted by molar-refractivity contribution is 6.32. The Kier molecular flexibility index (Phi) is 2.63. The molecule has 1 radical (unpaired) electrons. The van der Waals surface area contributed by atoms with Gasteiger partial charge in [-0.15, -0.1) is 0 Å². The fraction of sp³-hybridized carbons (Fsp3) is 0.400. The van der Waals surface area contributed by atoms with Crippen LogP contribution >= 0.6 is 11.6 Å². The van der Waals surface area contributed by atoms with Gasteiger partial charge in [0.15, 0.2) is 0 Å². The van der Waals surface area contributed by atoms with Crippen LogP contribution in [0.15, 0.2) is 12.1 Å². The zero-order valence-corrected chi connectivity index (χ0v) is 8.60. The molecule has 1 aromatic carbocycles. The minimum atomic E-state index is -0.720. The maximum absolute atomic E-state index is 11.6. The molecule has 1 aliphatic heterocycles. The summed E-state index contributed by atoms with van der Waals surface area (Å²) in [4.78, 5) is 0. The Morgan fingerprint density at radius 1 is 1.57 bits per heavy atom. The number of nitrogens with one attached hydrogen (secondary N) is 1. The Hall–Kier alpha value is -0.770. The molecule has 0 saturated carbocycles. The summed E-state index contributed by atoms with van der Waals surface area (Å²) in [6.07, 6.45) is -0.720. The van der Waals surface area contributed by atoms with E-state index in [4.69, 9.17) is 16.3 Å². The van der Waals surface area contributed by atoms with Crippen molar-refractivity contribution >= 4 is 11.6 Å². The monoisotopic (exact) mass is 212 g/mol. The SMILES string of the molecule is COc1cc2c(cc1Cl)C([O])CNC2. The van der Waals surface area contributed by atoms with Gasteiger partial charge >= 0.3 is 0 Å². The van der Waals surface area contributed by atoms with E-state index < -0.39 is 6.10 Å². The molecular weight excluding hydrogens is 202 g/mol. The predicted molar refractivity (Wildman–Crippen MR) is 53.1 cm³/mol. The Labute approximate surface area is 87.6 Å². The summed E-state index contributed by atoms with van der Waals surface area (Å²) in [7, 11) is 1.57. The van der Waals surface area contributed by atoms with Crippen molar-refractivity contribution in [1.29, 1.82) is 0 Å². The molecule has 2 rings (SSSR count). The van der Waals surface area contributed by atoms with Crippen molar-refractivity contribution in [2.75, 3.05) is 13.7 Å². The first-order chi connectivity index (χ1) is 6.72. The third kappa shape index (κ3) is 1.59. The van der Waals surface area contributed by atoms with Gasteiger partial charge in [-0.05, 0) is 23.3 Å². The molecular formula is C10H11ClNO2. The fourth-order valence-electron chi connectivity index (χ4n) is 1.67. The van der Waals surface area contributed by atoms with E-state index in [9.17, 15) is 5.11 Å². The number of ether oxygens (including phenoxy) is 1. The molecule has 0 bridgehead atoms. The van der Waals surface area contributed by atoms with Crippen LogP contribution in [0.2, 0.25) is 5.02 Å². The first-order valence-electron chi connectivity index (χ1n) is 4.45. The minimum absolute atomic E-state index is 0.468. The van der Waals surface area contributed by atoms with Gasteiger partial charge in [-0.3, -0.25) is 0 Å². The number of halogens is 1. The lowest BCUT2D eigenvalue weighted by Crippen LogP contribution is -2.27. The van der Waals surface area contributed by atoms with E-state index in [1.165, 1.54) is 0 Å². The van der Waals surface area contributed by atoms with Crippen molar-refractivity contribution in [2.24, 2.45) is 0 Å². The number of methoxy groups -OCH3 is 1. The summed E-state index contributed by atoms with van der Waals surface area (Å²) < 4.78 is 5.08. The number of fused-ring (bicyclic) bond motifs is 1. The predicted octanol–water partition coefficient (Wildman–Crippen LogP) is 1.92. The van der Waals surface area contributed by atoms with Crippen molar-refractivity contribution in [2.45, 2.75) is 12.6 Å². The van der Waals surface area contributed by atoms with Gasteiger partial charge in [0.1, 0.15) is 11.9 Å². The van der Waals surface area contributed by atoms with E-state index in [-0.39, 0.29) is 0 Å². The number of hydrogen-bond acceptors (Lipinski definition) is 2. The Balaban J connectivity index is 2.48. The molecule has 1 unspecified atom stereocenters. The van der Waals surface area contributed by atoms with E-state index in [0.717, 1.165) is 11.1 Å². The van der Waals surface area contributed by atoms with Gasteiger partial charge in [0.25, 0.3) is 0 Å². The number of rotatable bonds is 1. The van der Waals surface area contributed by atoms with Crippen molar-refractivity contribution in [1.82, 2.24) is 5.32 Å². The molecule has 1 aromatic rings. The van der Waals surface area contributed by atoms with Gasteiger partial charge in [0.05, 0.1) is 12.1 Å². The second-order valence-corrected chi connectivity index (χ2v) is 3.71. The van der Waals surface area contributed by atoms with Crippen molar-refractivity contribution in [3.05, 3.63) is 28.3 Å². The molecule has 0 fully saturated rings. The maximum atomic E-state index is 11.6. The van der Waals surface area contributed by atoms with E-state index in [1.54, 1.807) is 13.2 Å². The van der Waals surface area contributed by atoms with Gasteiger partial charge in [-0.1, -0.05) is 11.6 Å². The minimum Gasteiger partial charge on any atom is -0.495 e. The molecule has 1 heterocycles. The van der Waals surface area contributed by atoms with Gasteiger partial charge in [-0.2, -0.15) is 0 Å². The highest BCUT2D eigenvalue weighted by atomic mass is 35.5. The van der Waals surface area contributed by atoms with Crippen LogP contribution in [-0.2, 0) is 11.7 Å². The van der Waals surface area contributed by atoms with Crippen LogP contribution in [0.3, 0.4) is 0 Å². The lowest BCUT2D eigenvalue weighted by atomic mass is 9.98. The van der Waals surface area contributed by atoms with E-state index in [0.29, 0.717) is 23.9 Å². The Bertz CT molecular complexity index is 354. The normalized spacial score (nSPS) is 20.4. The molecule has 75 valence electrons. The van der Waals surface area contributed by atoms with Gasteiger partial charge < -0.3 is 10.1 Å². The lowest BCUT2D eigenvalue weighted by Gasteiger charge is -2.21. The molecule has 3 nitrogen and oxygen atoms in total. The summed E-state index contributed by atoms with van der Waals surface area (Å²) in [5, 5.41) is 15.1. The van der Waals surface area contributed by atoms with Crippen molar-refractivity contribution in [3.63, 3.8) is 0 Å². The molecule has 0 saturated heterocycles. The molecule has 1 aliphatic rings. The van der Waals surface area contributed by atoms with Crippen LogP contribution in [0.4, 0.5) is 0 Å². The van der Waals surface area contributed by atoms with Gasteiger partial charge in [0.2, 0.25) is 0 Å². The summed E-state index contributed by atoms with van der Waals surface area (Å²) in [6, 6.07) is 3.54. The van der Waals surface area contributed by atoms with E-state index >= 15 is 0 Å². The average molecular weight is 213 g/mol. The van der Waals surface area contributed by atoms with E-state index in [2.05, 4.69) is 5.32 Å². The van der Waals surface area contributed by atoms with Gasteiger partial charge in [0, 0.05) is 13.1 Å². The molecule has 0 spiro atoms. The molecule has 0 aromatic heterocycles. The number of benzene rings is 1. The molecule has 1 atom stereocenters. The molecule has 1 N–H and O–H groups in total. The summed E-state index contributed by atoms with van der Waals surface area (Å²) in [6.45, 7) is 1.18. The van der Waals surface area contributed by atoms with Crippen LogP contribution in [0.5, 0.6) is 5.75 Å². The van der Waals surface area contributed by atoms with E-state index in [1.807, 2.05) is 6.07 Å². The fourth-order valence-corrected chi connectivity index (χ4v) is 1.92. The largest absolute Gasteiger partial charge is 0.495 e. The zero-order chi connectivity index (χ0) is 10.1. The second-order valence-electron chi connectivity index (χ2n) is 3.31. The number of hydrogen-bond donors (Lipinski definition) is 1. The van der Waals surface area contributed by atoms with Crippen LogP contribution in [0, 0.1) is 0 Å². The summed E-state index contributed by atoms with van der Waals surface area (Å²) in [5.74, 6) is 0.626. The molecule has 4 heteroatoms. The summed E-state index contributed by atoms with van der Waals surface area (Å²) in [5.41, 5.74) is 1.77. The lowest BCUT2D eigenvalue weighted by molar-refractivity contribution is 0.0813. The third-order valence-corrected chi connectivity index (χ3v) is 2.70. The quantitative estimate of drug-likeness (QED) is 0.773. The third-order valence-electron chi connectivity index (χ3n) is 2.41. The van der Waals surface area contributed by atoms with Crippen LogP contribution in [0.25, 0.3) is 0 Å². The maximum Gasteiger partial charge on any atom is 0.137 e. The highest BCUT2D eigenvalue weighted by Crippen LogP contribution is 2.32. The second kappa shape index (κ2) is 3.77. The average Bonchev–Trinajstić information content (AvgIpc) is 2.19. The molecule has 0 amide bonds. The molecule has 14 heavy (non-hydrogen) atoms. The standard InChI is InChI=1S/C10H11ClNO2/c1-14-10-2-6-4-12-5-9(13)7(6)3-8(10)11/h2-3,9,12H,4-5H2,1H3. The van der Waals surface area contributed by atoms with Crippen LogP contribution in [-0.4, -0.2) is 13.7 Å². The molecule has 0 aliphatic carbocycles. The highest BCUT2D eigenvalue weighted by Gasteiger charge is 2.20. The smallest absolute Gasteiger partial charge is 0.137 e. The van der Waals surface area contributed by atoms with Crippen LogP contribution in [0.1, 0.15) is 17.2 Å².